The summed E-state index contributed by atoms with van der Waals surface area (Å²) >= 11 is 0. The van der Waals surface area contributed by atoms with Gasteiger partial charge in [0.2, 0.25) is 0 Å². The molecule has 1 aromatic carbocycles. The van der Waals surface area contributed by atoms with E-state index in [-0.39, 0.29) is 16.8 Å². The summed E-state index contributed by atoms with van der Waals surface area (Å²) in [4.78, 5) is 12.0. The molecule has 1 rings (SSSR count). The van der Waals surface area contributed by atoms with Crippen LogP contribution in [0.3, 0.4) is 0 Å². The first-order valence-corrected chi connectivity index (χ1v) is 7.14. The maximum absolute atomic E-state index is 12.0. The molecule has 0 fully saturated rings. The van der Waals surface area contributed by atoms with Gasteiger partial charge in [-0.2, -0.15) is 0 Å². The Labute approximate surface area is 122 Å². The maximum atomic E-state index is 12.0. The standard InChI is InChI=1S/C17H27NO2/c1-16(2,12-17(3,4)13-18)10-15(19)20-11-14-8-6-5-7-9-14/h5-9H,10-13,18H2,1-4H3. The van der Waals surface area contributed by atoms with Crippen molar-refractivity contribution in [2.45, 2.75) is 47.1 Å². The summed E-state index contributed by atoms with van der Waals surface area (Å²) in [5.74, 6) is -0.147. The number of carbonyl (C=O) groups is 1. The van der Waals surface area contributed by atoms with Crippen LogP contribution in [-0.2, 0) is 16.1 Å². The molecule has 0 aliphatic heterocycles. The molecule has 0 heterocycles. The van der Waals surface area contributed by atoms with Crippen molar-refractivity contribution in [3.05, 3.63) is 35.9 Å². The normalized spacial score (nSPS) is 12.2. The molecule has 0 bridgehead atoms. The van der Waals surface area contributed by atoms with Crippen LogP contribution in [-0.4, -0.2) is 12.5 Å². The first-order valence-electron chi connectivity index (χ1n) is 7.14. The van der Waals surface area contributed by atoms with E-state index in [1.807, 2.05) is 30.3 Å². The Kier molecular flexibility index (Phi) is 5.75. The summed E-state index contributed by atoms with van der Waals surface area (Å²) in [6, 6.07) is 9.74. The van der Waals surface area contributed by atoms with E-state index in [4.69, 9.17) is 10.5 Å². The van der Waals surface area contributed by atoms with Gasteiger partial charge in [0.25, 0.3) is 0 Å². The molecule has 0 aliphatic carbocycles. The summed E-state index contributed by atoms with van der Waals surface area (Å²) in [5, 5.41) is 0. The number of hydrogen-bond donors (Lipinski definition) is 1. The Bertz CT molecular complexity index is 424. The van der Waals surface area contributed by atoms with Crippen molar-refractivity contribution in [2.75, 3.05) is 6.54 Å². The second kappa shape index (κ2) is 6.89. The lowest BCUT2D eigenvalue weighted by molar-refractivity contribution is -0.147. The molecule has 20 heavy (non-hydrogen) atoms. The van der Waals surface area contributed by atoms with Crippen molar-refractivity contribution in [1.29, 1.82) is 0 Å². The quantitative estimate of drug-likeness (QED) is 0.776. The van der Waals surface area contributed by atoms with Gasteiger partial charge in [0.1, 0.15) is 6.61 Å². The zero-order chi connectivity index (χ0) is 15.2. The van der Waals surface area contributed by atoms with Crippen LogP contribution in [0.4, 0.5) is 0 Å². The van der Waals surface area contributed by atoms with Crippen LogP contribution in [0.25, 0.3) is 0 Å². The fourth-order valence-electron chi connectivity index (χ4n) is 2.61. The molecule has 112 valence electrons. The minimum atomic E-state index is -0.147. The first kappa shape index (κ1) is 16.7. The Balaban J connectivity index is 2.45. The zero-order valence-corrected chi connectivity index (χ0v) is 13.1. The molecular weight excluding hydrogens is 250 g/mol. The number of benzene rings is 1. The molecule has 0 spiro atoms. The van der Waals surface area contributed by atoms with Gasteiger partial charge in [-0.1, -0.05) is 58.0 Å². The summed E-state index contributed by atoms with van der Waals surface area (Å²) in [6.07, 6.45) is 1.32. The van der Waals surface area contributed by atoms with E-state index >= 15 is 0 Å². The highest BCUT2D eigenvalue weighted by Gasteiger charge is 2.30. The molecule has 0 radical (unpaired) electrons. The van der Waals surface area contributed by atoms with E-state index in [1.165, 1.54) is 0 Å². The average Bonchev–Trinajstić information content (AvgIpc) is 2.36. The van der Waals surface area contributed by atoms with Crippen molar-refractivity contribution in [3.63, 3.8) is 0 Å². The van der Waals surface area contributed by atoms with Gasteiger partial charge in [-0.3, -0.25) is 4.79 Å². The smallest absolute Gasteiger partial charge is 0.306 e. The van der Waals surface area contributed by atoms with E-state index in [1.54, 1.807) is 0 Å². The Morgan fingerprint density at radius 1 is 1.10 bits per heavy atom. The topological polar surface area (TPSA) is 52.3 Å². The van der Waals surface area contributed by atoms with Crippen molar-refractivity contribution in [1.82, 2.24) is 0 Å². The van der Waals surface area contributed by atoms with E-state index < -0.39 is 0 Å². The molecule has 0 saturated heterocycles. The van der Waals surface area contributed by atoms with Gasteiger partial charge in [0, 0.05) is 0 Å². The van der Waals surface area contributed by atoms with Gasteiger partial charge < -0.3 is 10.5 Å². The SMILES string of the molecule is CC(C)(CN)CC(C)(C)CC(=O)OCc1ccccc1. The van der Waals surface area contributed by atoms with E-state index in [0.29, 0.717) is 19.6 Å². The van der Waals surface area contributed by atoms with Crippen LogP contribution in [0, 0.1) is 10.8 Å². The lowest BCUT2D eigenvalue weighted by Gasteiger charge is -2.33. The van der Waals surface area contributed by atoms with Crippen LogP contribution >= 0.6 is 0 Å². The van der Waals surface area contributed by atoms with Gasteiger partial charge in [-0.05, 0) is 29.4 Å². The predicted molar refractivity (Wildman–Crippen MR) is 82.1 cm³/mol. The molecule has 3 heteroatoms. The summed E-state index contributed by atoms with van der Waals surface area (Å²) < 4.78 is 5.34. The lowest BCUT2D eigenvalue weighted by Crippen LogP contribution is -2.31. The number of esters is 1. The highest BCUT2D eigenvalue weighted by molar-refractivity contribution is 5.70. The molecule has 0 aliphatic rings. The van der Waals surface area contributed by atoms with Crippen LogP contribution in [0.5, 0.6) is 0 Å². The third-order valence-electron chi connectivity index (χ3n) is 3.38. The highest BCUT2D eigenvalue weighted by atomic mass is 16.5. The molecule has 1 aromatic rings. The molecule has 0 atom stereocenters. The fourth-order valence-corrected chi connectivity index (χ4v) is 2.61. The average molecular weight is 277 g/mol. The van der Waals surface area contributed by atoms with Gasteiger partial charge in [0.15, 0.2) is 0 Å². The third kappa shape index (κ3) is 6.20. The Morgan fingerprint density at radius 2 is 1.70 bits per heavy atom. The van der Waals surface area contributed by atoms with Gasteiger partial charge in [-0.15, -0.1) is 0 Å². The van der Waals surface area contributed by atoms with Crippen molar-refractivity contribution >= 4 is 5.97 Å². The van der Waals surface area contributed by atoms with Crippen molar-refractivity contribution in [2.24, 2.45) is 16.6 Å². The largest absolute Gasteiger partial charge is 0.461 e. The highest BCUT2D eigenvalue weighted by Crippen LogP contribution is 2.35. The number of carbonyl (C=O) groups excluding carboxylic acids is 1. The minimum Gasteiger partial charge on any atom is -0.461 e. The fraction of sp³-hybridized carbons (Fsp3) is 0.588. The number of rotatable bonds is 7. The van der Waals surface area contributed by atoms with Crippen LogP contribution in [0.2, 0.25) is 0 Å². The molecule has 0 saturated carbocycles. The summed E-state index contributed by atoms with van der Waals surface area (Å²) in [7, 11) is 0. The molecule has 0 aromatic heterocycles. The zero-order valence-electron chi connectivity index (χ0n) is 13.1. The van der Waals surface area contributed by atoms with Gasteiger partial charge in [-0.25, -0.2) is 0 Å². The lowest BCUT2D eigenvalue weighted by atomic mass is 9.73. The van der Waals surface area contributed by atoms with Gasteiger partial charge in [0.05, 0.1) is 6.42 Å². The Morgan fingerprint density at radius 3 is 2.25 bits per heavy atom. The second-order valence-corrected chi connectivity index (χ2v) is 7.03. The molecule has 2 N–H and O–H groups in total. The van der Waals surface area contributed by atoms with Crippen LogP contribution in [0.15, 0.2) is 30.3 Å². The van der Waals surface area contributed by atoms with Crippen molar-refractivity contribution in [3.8, 4) is 0 Å². The van der Waals surface area contributed by atoms with E-state index in [9.17, 15) is 4.79 Å². The molecular formula is C17H27NO2. The van der Waals surface area contributed by atoms with Gasteiger partial charge >= 0.3 is 5.97 Å². The number of nitrogens with two attached hydrogens (primary N) is 1. The molecule has 0 unspecified atom stereocenters. The van der Waals surface area contributed by atoms with Crippen LogP contribution < -0.4 is 5.73 Å². The maximum Gasteiger partial charge on any atom is 0.306 e. The minimum absolute atomic E-state index is 0.0449. The monoisotopic (exact) mass is 277 g/mol. The summed E-state index contributed by atoms with van der Waals surface area (Å²) in [6.45, 7) is 9.40. The van der Waals surface area contributed by atoms with Crippen LogP contribution in [0.1, 0.15) is 46.1 Å². The molecule has 0 amide bonds. The predicted octanol–water partition coefficient (Wildman–Crippen LogP) is 3.52. The first-order chi connectivity index (χ1) is 9.24. The molecule has 3 nitrogen and oxygen atoms in total. The number of hydrogen-bond acceptors (Lipinski definition) is 3. The number of ether oxygens (including phenoxy) is 1. The Hall–Kier alpha value is -1.35. The second-order valence-electron chi connectivity index (χ2n) is 7.03. The van der Waals surface area contributed by atoms with Crippen molar-refractivity contribution < 1.29 is 9.53 Å². The summed E-state index contributed by atoms with van der Waals surface area (Å²) in [5.41, 5.74) is 6.72. The van der Waals surface area contributed by atoms with E-state index in [0.717, 1.165) is 12.0 Å². The third-order valence-corrected chi connectivity index (χ3v) is 3.38. The van der Waals surface area contributed by atoms with E-state index in [2.05, 4.69) is 27.7 Å².